The molecule has 1 saturated heterocycles. The van der Waals surface area contributed by atoms with Crippen molar-refractivity contribution in [1.82, 2.24) is 5.32 Å². The first-order chi connectivity index (χ1) is 19.4. The van der Waals surface area contributed by atoms with Gasteiger partial charge in [-0.05, 0) is 68.2 Å². The van der Waals surface area contributed by atoms with Gasteiger partial charge >= 0.3 is 6.03 Å². The molecule has 1 fully saturated rings. The van der Waals surface area contributed by atoms with Gasteiger partial charge in [-0.2, -0.15) is 0 Å². The van der Waals surface area contributed by atoms with Gasteiger partial charge in [0.2, 0.25) is 6.79 Å². The largest absolute Gasteiger partial charge is 0.493 e. The summed E-state index contributed by atoms with van der Waals surface area (Å²) in [5.74, 6) is 0.175. The fourth-order valence-corrected chi connectivity index (χ4v) is 5.19. The van der Waals surface area contributed by atoms with Gasteiger partial charge < -0.3 is 18.9 Å². The van der Waals surface area contributed by atoms with E-state index in [0.29, 0.717) is 39.6 Å². The Morgan fingerprint density at radius 3 is 2.62 bits per heavy atom. The first-order valence-electron chi connectivity index (χ1n) is 12.2. The molecule has 200 valence electrons. The van der Waals surface area contributed by atoms with Crippen LogP contribution < -0.4 is 29.2 Å². The van der Waals surface area contributed by atoms with E-state index in [4.69, 9.17) is 18.9 Å². The van der Waals surface area contributed by atoms with Crippen LogP contribution in [0.15, 0.2) is 82.8 Å². The maximum Gasteiger partial charge on any atom is 0.335 e. The molecule has 0 saturated carbocycles. The Morgan fingerprint density at radius 2 is 1.77 bits per heavy atom. The van der Waals surface area contributed by atoms with E-state index in [1.165, 1.54) is 19.3 Å². The molecule has 0 bridgehead atoms. The second-order valence-electron chi connectivity index (χ2n) is 8.96. The predicted molar refractivity (Wildman–Crippen MR) is 151 cm³/mol. The molecular formula is C30H21BrN2O7. The van der Waals surface area contributed by atoms with Crippen LogP contribution >= 0.6 is 15.9 Å². The Balaban J connectivity index is 1.29. The number of nitrogens with one attached hydrogen (secondary N) is 1. The second kappa shape index (κ2) is 10.4. The zero-order valence-electron chi connectivity index (χ0n) is 21.1. The normalized spacial score (nSPS) is 15.5. The fourth-order valence-electron chi connectivity index (χ4n) is 4.61. The van der Waals surface area contributed by atoms with Crippen LogP contribution in [0, 0.1) is 0 Å². The summed E-state index contributed by atoms with van der Waals surface area (Å²) < 4.78 is 22.9. The van der Waals surface area contributed by atoms with Gasteiger partial charge in [-0.15, -0.1) is 0 Å². The number of barbiturate groups is 1. The van der Waals surface area contributed by atoms with Crippen LogP contribution in [-0.2, 0) is 16.2 Å². The third kappa shape index (κ3) is 4.62. The summed E-state index contributed by atoms with van der Waals surface area (Å²) in [6.45, 7) is 0.338. The number of methoxy groups -OCH3 is 1. The fraction of sp³-hybridized carbons (Fsp3) is 0.100. The summed E-state index contributed by atoms with van der Waals surface area (Å²) in [6, 6.07) is 21.2. The number of ether oxygens (including phenoxy) is 4. The highest BCUT2D eigenvalue weighted by molar-refractivity contribution is 9.10. The van der Waals surface area contributed by atoms with E-state index in [0.717, 1.165) is 21.2 Å². The molecule has 6 rings (SSSR count). The molecule has 40 heavy (non-hydrogen) atoms. The molecule has 0 atom stereocenters. The lowest BCUT2D eigenvalue weighted by Crippen LogP contribution is -2.54. The van der Waals surface area contributed by atoms with E-state index in [-0.39, 0.29) is 18.1 Å². The number of benzene rings is 4. The van der Waals surface area contributed by atoms with Gasteiger partial charge in [-0.1, -0.05) is 42.5 Å². The minimum Gasteiger partial charge on any atom is -0.493 e. The number of carbonyl (C=O) groups excluding carboxylic acids is 3. The van der Waals surface area contributed by atoms with E-state index < -0.39 is 17.8 Å². The van der Waals surface area contributed by atoms with Crippen molar-refractivity contribution >= 4 is 56.3 Å². The lowest BCUT2D eigenvalue weighted by molar-refractivity contribution is -0.122. The number of halogens is 1. The Labute approximate surface area is 237 Å². The van der Waals surface area contributed by atoms with Crippen LogP contribution in [0.1, 0.15) is 11.1 Å². The van der Waals surface area contributed by atoms with Crippen LogP contribution in [-0.4, -0.2) is 31.7 Å². The second-order valence-corrected chi connectivity index (χ2v) is 9.81. The highest BCUT2D eigenvalue weighted by Crippen LogP contribution is 2.39. The van der Waals surface area contributed by atoms with Crippen molar-refractivity contribution in [3.05, 3.63) is 94.0 Å². The SMILES string of the molecule is COc1cc(/C=C2/C(=O)NC(=O)N(c3ccc4c(c3)OCO4)C2=O)cc(Br)c1OCc1cccc2ccccc12. The minimum absolute atomic E-state index is 0.0426. The van der Waals surface area contributed by atoms with Gasteiger partial charge in [0.1, 0.15) is 12.2 Å². The predicted octanol–water partition coefficient (Wildman–Crippen LogP) is 5.59. The number of urea groups is 1. The molecule has 9 nitrogen and oxygen atoms in total. The van der Waals surface area contributed by atoms with Crippen LogP contribution in [0.25, 0.3) is 16.8 Å². The molecule has 0 radical (unpaired) electrons. The summed E-state index contributed by atoms with van der Waals surface area (Å²) >= 11 is 3.53. The van der Waals surface area contributed by atoms with Crippen molar-refractivity contribution in [2.24, 2.45) is 0 Å². The maximum atomic E-state index is 13.4. The average Bonchev–Trinajstić information content (AvgIpc) is 3.42. The summed E-state index contributed by atoms with van der Waals surface area (Å²) in [7, 11) is 1.50. The van der Waals surface area contributed by atoms with E-state index in [2.05, 4.69) is 21.2 Å². The van der Waals surface area contributed by atoms with Gasteiger partial charge in [0.15, 0.2) is 23.0 Å². The number of amides is 4. The molecule has 4 aromatic carbocycles. The topological polar surface area (TPSA) is 103 Å². The smallest absolute Gasteiger partial charge is 0.335 e. The van der Waals surface area contributed by atoms with Crippen molar-refractivity contribution in [2.45, 2.75) is 6.61 Å². The van der Waals surface area contributed by atoms with Crippen LogP contribution in [0.5, 0.6) is 23.0 Å². The molecule has 4 amide bonds. The number of rotatable bonds is 6. The molecule has 2 aliphatic rings. The van der Waals surface area contributed by atoms with Crippen LogP contribution in [0.2, 0.25) is 0 Å². The first kappa shape index (κ1) is 25.4. The number of anilines is 1. The number of hydrogen-bond donors (Lipinski definition) is 1. The van der Waals surface area contributed by atoms with E-state index in [1.54, 1.807) is 24.3 Å². The minimum atomic E-state index is -0.859. The molecule has 0 spiro atoms. The standard InChI is InChI=1S/C30H21BrN2O7/c1-37-26-13-17(12-23(31)27(26)38-15-19-7-4-6-18-5-2-3-8-21(18)19)11-22-28(34)32-30(36)33(29(22)35)20-9-10-24-25(14-20)40-16-39-24/h2-14H,15-16H2,1H3,(H,32,34,36)/b22-11-. The zero-order valence-corrected chi connectivity index (χ0v) is 22.7. The van der Waals surface area contributed by atoms with Gasteiger partial charge in [0, 0.05) is 6.07 Å². The molecular weight excluding hydrogens is 580 g/mol. The van der Waals surface area contributed by atoms with Crippen molar-refractivity contribution < 1.29 is 33.3 Å². The molecule has 2 aliphatic heterocycles. The van der Waals surface area contributed by atoms with Gasteiger partial charge in [0.05, 0.1) is 17.3 Å². The monoisotopic (exact) mass is 600 g/mol. The van der Waals surface area contributed by atoms with Gasteiger partial charge in [-0.25, -0.2) is 9.69 Å². The number of imide groups is 2. The quantitative estimate of drug-likeness (QED) is 0.227. The lowest BCUT2D eigenvalue weighted by atomic mass is 10.1. The lowest BCUT2D eigenvalue weighted by Gasteiger charge is -2.26. The van der Waals surface area contributed by atoms with Gasteiger partial charge in [-0.3, -0.25) is 14.9 Å². The Kier molecular flexibility index (Phi) is 6.61. The summed E-state index contributed by atoms with van der Waals surface area (Å²) in [5, 5.41) is 4.42. The Hall–Kier alpha value is -4.83. The maximum absolute atomic E-state index is 13.4. The molecule has 2 heterocycles. The number of hydrogen-bond acceptors (Lipinski definition) is 7. The summed E-state index contributed by atoms with van der Waals surface area (Å²) in [6.07, 6.45) is 1.39. The molecule has 1 N–H and O–H groups in total. The molecule has 0 aliphatic carbocycles. The van der Waals surface area contributed by atoms with Crippen molar-refractivity contribution in [1.29, 1.82) is 0 Å². The van der Waals surface area contributed by atoms with Crippen LogP contribution in [0.3, 0.4) is 0 Å². The van der Waals surface area contributed by atoms with E-state index >= 15 is 0 Å². The van der Waals surface area contributed by atoms with E-state index in [9.17, 15) is 14.4 Å². The molecule has 0 unspecified atom stereocenters. The number of fused-ring (bicyclic) bond motifs is 2. The van der Waals surface area contributed by atoms with Gasteiger partial charge in [0.25, 0.3) is 11.8 Å². The summed E-state index contributed by atoms with van der Waals surface area (Å²) in [4.78, 5) is 39.5. The van der Waals surface area contributed by atoms with Crippen LogP contribution in [0.4, 0.5) is 10.5 Å². The van der Waals surface area contributed by atoms with Crippen molar-refractivity contribution in [3.8, 4) is 23.0 Å². The molecule has 4 aromatic rings. The number of carbonyl (C=O) groups is 3. The third-order valence-electron chi connectivity index (χ3n) is 6.53. The van der Waals surface area contributed by atoms with Crippen molar-refractivity contribution in [2.75, 3.05) is 18.8 Å². The van der Waals surface area contributed by atoms with E-state index in [1.807, 2.05) is 42.5 Å². The Morgan fingerprint density at radius 1 is 0.975 bits per heavy atom. The number of nitrogens with zero attached hydrogens (tertiary/aromatic N) is 1. The zero-order chi connectivity index (χ0) is 27.8. The highest BCUT2D eigenvalue weighted by Gasteiger charge is 2.37. The molecule has 10 heteroatoms. The highest BCUT2D eigenvalue weighted by atomic mass is 79.9. The third-order valence-corrected chi connectivity index (χ3v) is 7.12. The van der Waals surface area contributed by atoms with Crippen molar-refractivity contribution in [3.63, 3.8) is 0 Å². The Bertz CT molecular complexity index is 1730. The summed E-state index contributed by atoms with van der Waals surface area (Å²) in [5.41, 5.74) is 1.51. The average molecular weight is 601 g/mol. The molecule has 0 aromatic heterocycles. The first-order valence-corrected chi connectivity index (χ1v) is 13.0.